The van der Waals surface area contributed by atoms with Gasteiger partial charge in [0.05, 0.1) is 29.0 Å². The Kier molecular flexibility index (Phi) is 6.93. The van der Waals surface area contributed by atoms with E-state index in [2.05, 4.69) is 11.2 Å². The van der Waals surface area contributed by atoms with Crippen LogP contribution in [-0.4, -0.2) is 31.7 Å². The zero-order valence-electron chi connectivity index (χ0n) is 16.5. The Morgan fingerprint density at radius 3 is 2.38 bits per heavy atom. The summed E-state index contributed by atoms with van der Waals surface area (Å²) in [7, 11) is 1.53. The van der Waals surface area contributed by atoms with Crippen molar-refractivity contribution in [1.29, 1.82) is 0 Å². The maximum absolute atomic E-state index is 13.3. The van der Waals surface area contributed by atoms with Crippen molar-refractivity contribution in [2.24, 2.45) is 0 Å². The van der Waals surface area contributed by atoms with Gasteiger partial charge in [-0.15, -0.1) is 6.42 Å². The topological polar surface area (TPSA) is 41.6 Å². The Morgan fingerprint density at radius 1 is 1.17 bits per heavy atom. The molecule has 0 saturated carbocycles. The highest BCUT2D eigenvalue weighted by atomic mass is 19.4. The van der Waals surface area contributed by atoms with Crippen molar-refractivity contribution in [1.82, 2.24) is 5.32 Å². The first-order chi connectivity index (χ1) is 13.6. The van der Waals surface area contributed by atoms with Crippen molar-refractivity contribution >= 4 is 17.3 Å². The van der Waals surface area contributed by atoms with E-state index in [4.69, 9.17) is 11.2 Å². The molecule has 1 amide bonds. The van der Waals surface area contributed by atoms with Crippen LogP contribution in [0.1, 0.15) is 29.8 Å². The second kappa shape index (κ2) is 9.01. The zero-order chi connectivity index (χ0) is 21.7. The third kappa shape index (κ3) is 5.75. The first-order valence-corrected chi connectivity index (χ1v) is 8.92. The molecule has 7 heteroatoms. The van der Waals surface area contributed by atoms with Gasteiger partial charge in [0.15, 0.2) is 0 Å². The number of methoxy groups -OCH3 is 1. The van der Waals surface area contributed by atoms with E-state index in [1.54, 1.807) is 43.0 Å². The summed E-state index contributed by atoms with van der Waals surface area (Å²) in [6.07, 6.45) is 0.831. The van der Waals surface area contributed by atoms with Crippen molar-refractivity contribution in [3.8, 4) is 12.3 Å². The van der Waals surface area contributed by atoms with Gasteiger partial charge in [0.2, 0.25) is 0 Å². The molecule has 4 nitrogen and oxygen atoms in total. The van der Waals surface area contributed by atoms with Crippen LogP contribution < -0.4 is 10.2 Å². The molecule has 0 heterocycles. The second-order valence-corrected chi connectivity index (χ2v) is 6.93. The number of benzene rings is 2. The number of alkyl halides is 3. The van der Waals surface area contributed by atoms with Crippen LogP contribution in [0.2, 0.25) is 0 Å². The fourth-order valence-electron chi connectivity index (χ4n) is 2.70. The molecule has 154 valence electrons. The lowest BCUT2D eigenvalue weighted by Crippen LogP contribution is -2.42. The Balaban J connectivity index is 2.61. The fraction of sp³-hybridized carbons (Fsp3) is 0.318. The van der Waals surface area contributed by atoms with Crippen LogP contribution >= 0.6 is 0 Å². The van der Waals surface area contributed by atoms with Crippen LogP contribution in [-0.2, 0) is 10.9 Å². The number of ether oxygens (including phenoxy) is 1. The average molecular weight is 404 g/mol. The minimum Gasteiger partial charge on any atom is -0.383 e. The molecule has 2 aromatic carbocycles. The van der Waals surface area contributed by atoms with Gasteiger partial charge < -0.3 is 15.0 Å². The van der Waals surface area contributed by atoms with Gasteiger partial charge >= 0.3 is 6.18 Å². The van der Waals surface area contributed by atoms with Crippen LogP contribution in [0.4, 0.5) is 24.5 Å². The number of hydrogen-bond donors (Lipinski definition) is 1. The molecular weight excluding hydrogens is 381 g/mol. The molecule has 0 saturated heterocycles. The van der Waals surface area contributed by atoms with Gasteiger partial charge in [-0.3, -0.25) is 4.79 Å². The maximum Gasteiger partial charge on any atom is 0.416 e. The Hall–Kier alpha value is -2.98. The van der Waals surface area contributed by atoms with Gasteiger partial charge in [0.25, 0.3) is 5.91 Å². The number of carbonyl (C=O) groups excluding carboxylic acids is 1. The lowest BCUT2D eigenvalue weighted by molar-refractivity contribution is -0.137. The lowest BCUT2D eigenvalue weighted by atomic mass is 10.0. The van der Waals surface area contributed by atoms with Crippen LogP contribution in [0, 0.1) is 12.3 Å². The molecule has 0 aliphatic heterocycles. The van der Waals surface area contributed by atoms with E-state index in [9.17, 15) is 18.0 Å². The van der Waals surface area contributed by atoms with Crippen LogP contribution in [0.5, 0.6) is 0 Å². The molecular formula is C22H23F3N2O2. The van der Waals surface area contributed by atoms with Crippen LogP contribution in [0.25, 0.3) is 0 Å². The number of anilines is 2. The van der Waals surface area contributed by atoms with Crippen molar-refractivity contribution < 1.29 is 22.7 Å². The molecule has 0 aliphatic carbocycles. The number of hydrogen-bond acceptors (Lipinski definition) is 3. The molecule has 0 aromatic heterocycles. The van der Waals surface area contributed by atoms with Crippen molar-refractivity contribution in [3.63, 3.8) is 0 Å². The number of amides is 1. The highest BCUT2D eigenvalue weighted by Crippen LogP contribution is 2.35. The van der Waals surface area contributed by atoms with E-state index in [1.807, 2.05) is 6.07 Å². The Labute approximate surface area is 168 Å². The first kappa shape index (κ1) is 22.3. The largest absolute Gasteiger partial charge is 0.416 e. The molecule has 0 radical (unpaired) electrons. The maximum atomic E-state index is 13.3. The van der Waals surface area contributed by atoms with Gasteiger partial charge in [0.1, 0.15) is 0 Å². The molecule has 0 fully saturated rings. The molecule has 0 bridgehead atoms. The summed E-state index contributed by atoms with van der Waals surface area (Å²) in [4.78, 5) is 14.6. The van der Waals surface area contributed by atoms with Gasteiger partial charge in [-0.05, 0) is 44.2 Å². The molecule has 2 rings (SSSR count). The summed E-state index contributed by atoms with van der Waals surface area (Å²) in [5, 5.41) is 2.60. The van der Waals surface area contributed by atoms with E-state index in [0.29, 0.717) is 18.8 Å². The summed E-state index contributed by atoms with van der Waals surface area (Å²) >= 11 is 0. The number of carbonyl (C=O) groups is 1. The fourth-order valence-corrected chi connectivity index (χ4v) is 2.70. The van der Waals surface area contributed by atoms with E-state index in [-0.39, 0.29) is 5.56 Å². The zero-order valence-corrected chi connectivity index (χ0v) is 16.5. The Bertz CT molecular complexity index is 887. The monoisotopic (exact) mass is 404 g/mol. The number of para-hydroxylation sites is 1. The highest BCUT2D eigenvalue weighted by Gasteiger charge is 2.33. The van der Waals surface area contributed by atoms with E-state index >= 15 is 0 Å². The molecule has 29 heavy (non-hydrogen) atoms. The molecule has 0 spiro atoms. The lowest BCUT2D eigenvalue weighted by Gasteiger charge is -2.28. The summed E-state index contributed by atoms with van der Waals surface area (Å²) in [5.74, 6) is 1.73. The molecule has 1 N–H and O–H groups in total. The molecule has 0 atom stereocenters. The average Bonchev–Trinajstić information content (AvgIpc) is 2.68. The predicted octanol–water partition coefficient (Wildman–Crippen LogP) is 4.63. The molecule has 0 unspecified atom stereocenters. The number of rotatable bonds is 7. The summed E-state index contributed by atoms with van der Waals surface area (Å²) in [6, 6.07) is 12.2. The van der Waals surface area contributed by atoms with Crippen molar-refractivity contribution in [2.45, 2.75) is 25.6 Å². The minimum atomic E-state index is -4.58. The van der Waals surface area contributed by atoms with Crippen molar-refractivity contribution in [2.75, 3.05) is 25.2 Å². The van der Waals surface area contributed by atoms with Crippen LogP contribution in [0.15, 0.2) is 48.5 Å². The predicted molar refractivity (Wildman–Crippen MR) is 107 cm³/mol. The smallest absolute Gasteiger partial charge is 0.383 e. The third-order valence-electron chi connectivity index (χ3n) is 4.23. The number of nitrogens with zero attached hydrogens (tertiary/aromatic N) is 1. The normalized spacial score (nSPS) is 11.6. The third-order valence-corrected chi connectivity index (χ3v) is 4.23. The summed E-state index contributed by atoms with van der Waals surface area (Å²) < 4.78 is 45.0. The van der Waals surface area contributed by atoms with Gasteiger partial charge in [0, 0.05) is 19.3 Å². The quantitative estimate of drug-likeness (QED) is 0.684. The minimum absolute atomic E-state index is 0.122. The van der Waals surface area contributed by atoms with E-state index in [0.717, 1.165) is 17.8 Å². The van der Waals surface area contributed by atoms with Gasteiger partial charge in [-0.25, -0.2) is 0 Å². The first-order valence-electron chi connectivity index (χ1n) is 8.92. The highest BCUT2D eigenvalue weighted by molar-refractivity contribution is 6.01. The van der Waals surface area contributed by atoms with Crippen LogP contribution in [0.3, 0.4) is 0 Å². The number of terminal acetylenes is 1. The van der Waals surface area contributed by atoms with Crippen molar-refractivity contribution in [3.05, 3.63) is 59.7 Å². The second-order valence-electron chi connectivity index (χ2n) is 6.93. The Morgan fingerprint density at radius 2 is 1.83 bits per heavy atom. The summed E-state index contributed by atoms with van der Waals surface area (Å²) in [6.45, 7) is 3.84. The van der Waals surface area contributed by atoms with Gasteiger partial charge in [-0.2, -0.15) is 13.2 Å². The molecule has 0 aliphatic rings. The number of nitrogens with one attached hydrogen (secondary N) is 1. The summed E-state index contributed by atoms with van der Waals surface area (Å²) in [5.41, 5.74) is -1.01. The van der Waals surface area contributed by atoms with E-state index < -0.39 is 23.2 Å². The molecule has 2 aromatic rings. The standard InChI is InChI=1S/C22H23F3N2O2/c1-5-21(2,3)26-20(28)18-15-16(22(23,24)25)11-12-19(18)27(13-14-29-4)17-9-7-6-8-10-17/h1,6-12,15H,13-14H2,2-4H3,(H,26,28). The van der Waals surface area contributed by atoms with E-state index in [1.165, 1.54) is 13.2 Å². The SMILES string of the molecule is C#CC(C)(C)NC(=O)c1cc(C(F)(F)F)ccc1N(CCOC)c1ccccc1. The van der Waals surface area contributed by atoms with Gasteiger partial charge in [-0.1, -0.05) is 24.1 Å². The number of halogens is 3.